The Hall–Kier alpha value is -3.21. The van der Waals surface area contributed by atoms with E-state index in [2.05, 4.69) is 49.0 Å². The second kappa shape index (κ2) is 11.1. The van der Waals surface area contributed by atoms with Gasteiger partial charge >= 0.3 is 5.97 Å². The molecule has 0 bridgehead atoms. The van der Waals surface area contributed by atoms with Crippen molar-refractivity contribution in [2.75, 3.05) is 0 Å². The zero-order chi connectivity index (χ0) is 23.0. The summed E-state index contributed by atoms with van der Waals surface area (Å²) in [5.41, 5.74) is 2.48. The van der Waals surface area contributed by atoms with Crippen molar-refractivity contribution in [1.82, 2.24) is 0 Å². The maximum absolute atomic E-state index is 12.7. The van der Waals surface area contributed by atoms with Gasteiger partial charge in [0.15, 0.2) is 0 Å². The zero-order valence-electron chi connectivity index (χ0n) is 18.3. The van der Waals surface area contributed by atoms with Crippen LogP contribution in [0.25, 0.3) is 6.08 Å². The first-order valence-electron chi connectivity index (χ1n) is 10.7. The Morgan fingerprint density at radius 2 is 1.39 bits per heavy atom. The summed E-state index contributed by atoms with van der Waals surface area (Å²) in [5, 5.41) is 0. The predicted octanol–water partition coefficient (Wildman–Crippen LogP) is 8.55. The minimum atomic E-state index is -0.390. The summed E-state index contributed by atoms with van der Waals surface area (Å²) in [6.07, 6.45) is 1.36. The summed E-state index contributed by atoms with van der Waals surface area (Å²) in [7, 11) is 0. The molecular weight excluding hydrogens is 444 g/mol. The van der Waals surface area contributed by atoms with E-state index >= 15 is 0 Å². The molecule has 4 aromatic carbocycles. The summed E-state index contributed by atoms with van der Waals surface area (Å²) < 4.78 is 5.85. The highest BCUT2D eigenvalue weighted by Gasteiger charge is 2.18. The second-order valence-corrected chi connectivity index (χ2v) is 9.67. The fourth-order valence-electron chi connectivity index (χ4n) is 3.29. The molecule has 4 aromatic rings. The fourth-order valence-corrected chi connectivity index (χ4v) is 5.33. The topological polar surface area (TPSA) is 26.3 Å². The van der Waals surface area contributed by atoms with Gasteiger partial charge in [-0.3, -0.25) is 0 Å². The van der Waals surface area contributed by atoms with E-state index in [4.69, 9.17) is 4.74 Å². The molecule has 0 aromatic heterocycles. The van der Waals surface area contributed by atoms with Crippen LogP contribution in [0.5, 0.6) is 0 Å². The Balaban J connectivity index is 1.59. The fraction of sp³-hybridized carbons (Fsp3) is 0.0690. The van der Waals surface area contributed by atoms with Gasteiger partial charge in [0.25, 0.3) is 0 Å². The summed E-state index contributed by atoms with van der Waals surface area (Å²) in [6.45, 7) is 5.67. The molecule has 0 heterocycles. The number of esters is 1. The summed E-state index contributed by atoms with van der Waals surface area (Å²) in [5.74, 6) is -0.337. The van der Waals surface area contributed by atoms with E-state index in [1.807, 2.05) is 55.5 Å². The lowest BCUT2D eigenvalue weighted by atomic mass is 10.1. The van der Waals surface area contributed by atoms with Gasteiger partial charge in [-0.15, -0.1) is 0 Å². The second-order valence-electron chi connectivity index (χ2n) is 7.40. The lowest BCUT2D eigenvalue weighted by molar-refractivity contribution is 0.0332. The van der Waals surface area contributed by atoms with Crippen LogP contribution in [0.1, 0.15) is 34.5 Å². The Morgan fingerprint density at radius 1 is 0.788 bits per heavy atom. The third kappa shape index (κ3) is 6.19. The molecule has 0 N–H and O–H groups in total. The van der Waals surface area contributed by atoms with Crippen molar-refractivity contribution in [3.8, 4) is 0 Å². The van der Waals surface area contributed by atoms with Crippen molar-refractivity contribution >= 4 is 35.6 Å². The molecule has 33 heavy (non-hydrogen) atoms. The molecule has 0 saturated heterocycles. The average Bonchev–Trinajstić information content (AvgIpc) is 2.85. The summed E-state index contributed by atoms with van der Waals surface area (Å²) in [4.78, 5) is 17.3. The molecule has 2 nitrogen and oxygen atoms in total. The number of ether oxygens (including phenoxy) is 1. The quantitative estimate of drug-likeness (QED) is 0.242. The van der Waals surface area contributed by atoms with Crippen molar-refractivity contribution in [3.05, 3.63) is 126 Å². The van der Waals surface area contributed by atoms with Gasteiger partial charge < -0.3 is 4.74 Å². The minimum Gasteiger partial charge on any atom is -0.454 e. The number of benzene rings is 4. The Bertz CT molecular complexity index is 1220. The first-order valence-corrected chi connectivity index (χ1v) is 12.3. The molecule has 0 saturated carbocycles. The third-order valence-electron chi connectivity index (χ3n) is 5.04. The molecule has 1 atom stereocenters. The molecule has 0 radical (unpaired) electrons. The van der Waals surface area contributed by atoms with Crippen LogP contribution in [0.4, 0.5) is 0 Å². The lowest BCUT2D eigenvalue weighted by Crippen LogP contribution is -2.10. The Kier molecular flexibility index (Phi) is 7.71. The van der Waals surface area contributed by atoms with Crippen LogP contribution < -0.4 is 0 Å². The van der Waals surface area contributed by atoms with Gasteiger partial charge in [-0.2, -0.15) is 0 Å². The molecule has 0 spiro atoms. The molecule has 164 valence electrons. The Labute approximate surface area is 203 Å². The molecule has 0 aliphatic rings. The number of rotatable bonds is 8. The summed E-state index contributed by atoms with van der Waals surface area (Å²) in [6, 6.07) is 34.1. The van der Waals surface area contributed by atoms with Crippen molar-refractivity contribution in [2.45, 2.75) is 32.6 Å². The molecule has 0 amide bonds. The van der Waals surface area contributed by atoms with Crippen molar-refractivity contribution in [1.29, 1.82) is 0 Å². The molecule has 0 aliphatic carbocycles. The van der Waals surface area contributed by atoms with Crippen LogP contribution in [0.3, 0.4) is 0 Å². The maximum Gasteiger partial charge on any atom is 0.338 e. The first-order chi connectivity index (χ1) is 16.1. The van der Waals surface area contributed by atoms with E-state index in [1.54, 1.807) is 41.7 Å². The standard InChI is InChI=1S/C29H24O2S2/c1-3-22-14-16-23(17-15-22)29(30)31-21(2)27-19-18-26(32-24-10-6-4-7-11-24)20-28(27)33-25-12-8-5-9-13-25/h3-21H,1H2,2H3. The van der Waals surface area contributed by atoms with Crippen molar-refractivity contribution in [3.63, 3.8) is 0 Å². The summed E-state index contributed by atoms with van der Waals surface area (Å²) >= 11 is 3.40. The van der Waals surface area contributed by atoms with Gasteiger partial charge in [0, 0.05) is 25.1 Å². The molecule has 4 heteroatoms. The number of hydrogen-bond acceptors (Lipinski definition) is 4. The predicted molar refractivity (Wildman–Crippen MR) is 138 cm³/mol. The monoisotopic (exact) mass is 468 g/mol. The molecule has 0 fully saturated rings. The Morgan fingerprint density at radius 3 is 2.00 bits per heavy atom. The zero-order valence-corrected chi connectivity index (χ0v) is 19.9. The van der Waals surface area contributed by atoms with Crippen LogP contribution in [-0.4, -0.2) is 5.97 Å². The highest BCUT2D eigenvalue weighted by atomic mass is 32.2. The van der Waals surface area contributed by atoms with E-state index in [9.17, 15) is 4.79 Å². The number of hydrogen-bond donors (Lipinski definition) is 0. The molecule has 0 aliphatic heterocycles. The van der Waals surface area contributed by atoms with Gasteiger partial charge in [-0.1, -0.05) is 90.8 Å². The van der Waals surface area contributed by atoms with Crippen LogP contribution in [-0.2, 0) is 4.74 Å². The van der Waals surface area contributed by atoms with Gasteiger partial charge in [0.1, 0.15) is 6.10 Å². The van der Waals surface area contributed by atoms with E-state index < -0.39 is 6.10 Å². The highest BCUT2D eigenvalue weighted by molar-refractivity contribution is 8.00. The van der Waals surface area contributed by atoms with Crippen molar-refractivity contribution in [2.24, 2.45) is 0 Å². The first kappa shape index (κ1) is 23.0. The number of carbonyl (C=O) groups is 1. The largest absolute Gasteiger partial charge is 0.454 e. The van der Waals surface area contributed by atoms with E-state index in [-0.39, 0.29) is 5.97 Å². The van der Waals surface area contributed by atoms with Crippen LogP contribution in [0, 0.1) is 0 Å². The SMILES string of the molecule is C=Cc1ccc(C(=O)OC(C)c2ccc(Sc3ccccc3)cc2Sc2ccccc2)cc1. The van der Waals surface area contributed by atoms with Gasteiger partial charge in [-0.25, -0.2) is 4.79 Å². The highest BCUT2D eigenvalue weighted by Crippen LogP contribution is 2.38. The van der Waals surface area contributed by atoms with Gasteiger partial charge in [0.2, 0.25) is 0 Å². The van der Waals surface area contributed by atoms with E-state index in [0.29, 0.717) is 5.56 Å². The van der Waals surface area contributed by atoms with E-state index in [1.165, 1.54) is 4.90 Å². The van der Waals surface area contributed by atoms with E-state index in [0.717, 1.165) is 25.8 Å². The van der Waals surface area contributed by atoms with Crippen LogP contribution in [0.2, 0.25) is 0 Å². The normalized spacial score (nSPS) is 11.5. The third-order valence-corrected chi connectivity index (χ3v) is 7.12. The van der Waals surface area contributed by atoms with Crippen LogP contribution in [0.15, 0.2) is 129 Å². The molecule has 1 unspecified atom stereocenters. The molecular formula is C29H24O2S2. The van der Waals surface area contributed by atoms with Crippen LogP contribution >= 0.6 is 23.5 Å². The molecule has 4 rings (SSSR count). The maximum atomic E-state index is 12.7. The smallest absolute Gasteiger partial charge is 0.338 e. The minimum absolute atomic E-state index is 0.337. The van der Waals surface area contributed by atoms with Crippen molar-refractivity contribution < 1.29 is 9.53 Å². The van der Waals surface area contributed by atoms with Gasteiger partial charge in [-0.05, 0) is 61.0 Å². The number of carbonyl (C=O) groups excluding carboxylic acids is 1. The van der Waals surface area contributed by atoms with Gasteiger partial charge in [0.05, 0.1) is 5.56 Å². The average molecular weight is 469 g/mol. The lowest BCUT2D eigenvalue weighted by Gasteiger charge is -2.18.